The second-order valence-corrected chi connectivity index (χ2v) is 9.51. The molecule has 2 saturated heterocycles. The molecule has 0 aliphatic carbocycles. The van der Waals surface area contributed by atoms with Crippen molar-refractivity contribution in [1.82, 2.24) is 4.90 Å². The Balaban J connectivity index is 1.34. The number of piperidine rings is 1. The van der Waals surface area contributed by atoms with E-state index in [0.717, 1.165) is 24.0 Å². The molecule has 2 fully saturated rings. The first-order chi connectivity index (χ1) is 16.5. The lowest BCUT2D eigenvalue weighted by atomic mass is 9.72. The third-order valence-corrected chi connectivity index (χ3v) is 7.45. The molecule has 5 nitrogen and oxygen atoms in total. The normalized spacial score (nSPS) is 20.2. The van der Waals surface area contributed by atoms with Gasteiger partial charge in [0.2, 0.25) is 5.91 Å². The van der Waals surface area contributed by atoms with Crippen molar-refractivity contribution >= 4 is 29.1 Å². The topological polar surface area (TPSA) is 60.9 Å². The largest absolute Gasteiger partial charge is 0.380 e. The summed E-state index contributed by atoms with van der Waals surface area (Å²) in [6.07, 6.45) is 1.62. The number of hydrogen-bond acceptors (Lipinski definition) is 4. The van der Waals surface area contributed by atoms with E-state index in [1.165, 1.54) is 4.90 Å². The molecule has 5 rings (SSSR count). The molecule has 34 heavy (non-hydrogen) atoms. The maximum absolute atomic E-state index is 13.2. The number of benzene rings is 3. The Hall–Kier alpha value is -2.99. The zero-order chi connectivity index (χ0) is 23.7. The van der Waals surface area contributed by atoms with Gasteiger partial charge in [0.15, 0.2) is 0 Å². The van der Waals surface area contributed by atoms with Crippen LogP contribution in [0.5, 0.6) is 0 Å². The van der Waals surface area contributed by atoms with Crippen molar-refractivity contribution in [1.29, 1.82) is 0 Å². The summed E-state index contributed by atoms with van der Waals surface area (Å²) >= 11 is 5.96. The number of hydrogen-bond donors (Lipinski definition) is 1. The first-order valence-corrected chi connectivity index (χ1v) is 12.1. The monoisotopic (exact) mass is 474 g/mol. The molecule has 0 radical (unpaired) electrons. The van der Waals surface area contributed by atoms with Gasteiger partial charge in [0.05, 0.1) is 18.2 Å². The zero-order valence-electron chi connectivity index (χ0n) is 18.8. The predicted octanol–water partition coefficient (Wildman–Crippen LogP) is 4.62. The third kappa shape index (κ3) is 4.05. The Morgan fingerprint density at radius 2 is 1.32 bits per heavy atom. The van der Waals surface area contributed by atoms with Crippen LogP contribution in [-0.4, -0.2) is 41.0 Å². The van der Waals surface area contributed by atoms with Gasteiger partial charge in [0.1, 0.15) is 5.60 Å². The molecule has 0 spiro atoms. The highest BCUT2D eigenvalue weighted by Gasteiger charge is 2.46. The lowest BCUT2D eigenvalue weighted by molar-refractivity contribution is -0.123. The summed E-state index contributed by atoms with van der Waals surface area (Å²) in [6, 6.07) is 25.9. The number of carbonyl (C=O) groups excluding carboxylic acids is 2. The summed E-state index contributed by atoms with van der Waals surface area (Å²) in [7, 11) is 0. The van der Waals surface area contributed by atoms with Crippen molar-refractivity contribution in [2.45, 2.75) is 30.9 Å². The van der Waals surface area contributed by atoms with Gasteiger partial charge in [-0.1, -0.05) is 72.3 Å². The van der Waals surface area contributed by atoms with Gasteiger partial charge in [-0.3, -0.25) is 14.5 Å². The summed E-state index contributed by atoms with van der Waals surface area (Å²) in [6.45, 7) is 1.29. The highest BCUT2D eigenvalue weighted by molar-refractivity contribution is 6.30. The fourth-order valence-corrected chi connectivity index (χ4v) is 5.54. The highest BCUT2D eigenvalue weighted by Crippen LogP contribution is 2.42. The van der Waals surface area contributed by atoms with Crippen molar-refractivity contribution in [2.24, 2.45) is 5.92 Å². The maximum atomic E-state index is 13.2. The Labute approximate surface area is 204 Å². The predicted molar refractivity (Wildman–Crippen MR) is 133 cm³/mol. The van der Waals surface area contributed by atoms with Crippen LogP contribution in [-0.2, 0) is 15.2 Å². The number of likely N-dealkylation sites (tertiary alicyclic amines) is 1. The molecule has 3 aromatic carbocycles. The Kier molecular flexibility index (Phi) is 6.26. The fraction of sp³-hybridized carbons (Fsp3) is 0.286. The first-order valence-electron chi connectivity index (χ1n) is 11.7. The summed E-state index contributed by atoms with van der Waals surface area (Å²) in [5.41, 5.74) is 1.19. The van der Waals surface area contributed by atoms with Crippen molar-refractivity contribution < 1.29 is 14.7 Å². The van der Waals surface area contributed by atoms with Crippen molar-refractivity contribution in [3.05, 3.63) is 101 Å². The molecule has 0 saturated carbocycles. The lowest BCUT2D eigenvalue weighted by Gasteiger charge is -2.43. The number of nitrogens with zero attached hydrogens (tertiary/aromatic N) is 2. The standard InChI is InChI=1S/C28H27ClN2O3/c29-23-11-13-24(14-12-23)31-26(32)19-25(27(31)33)30-17-15-22(16-18-30)28(34,20-7-3-1-4-8-20)21-9-5-2-6-10-21/h1-14,22,25,34H,15-19H2. The van der Waals surface area contributed by atoms with Crippen molar-refractivity contribution in [2.75, 3.05) is 18.0 Å². The van der Waals surface area contributed by atoms with E-state index in [2.05, 4.69) is 4.90 Å². The minimum absolute atomic E-state index is 0.00637. The van der Waals surface area contributed by atoms with Crippen LogP contribution in [0.2, 0.25) is 5.02 Å². The fourth-order valence-electron chi connectivity index (χ4n) is 5.41. The number of anilines is 1. The highest BCUT2D eigenvalue weighted by atomic mass is 35.5. The van der Waals surface area contributed by atoms with Gasteiger partial charge in [0, 0.05) is 5.02 Å². The molecule has 1 unspecified atom stereocenters. The molecule has 2 aliphatic heterocycles. The lowest BCUT2D eigenvalue weighted by Crippen LogP contribution is -2.49. The first kappa shape index (κ1) is 22.8. The van der Waals surface area contributed by atoms with E-state index in [-0.39, 0.29) is 24.2 Å². The summed E-state index contributed by atoms with van der Waals surface area (Å²) in [5, 5.41) is 12.6. The van der Waals surface area contributed by atoms with E-state index in [1.54, 1.807) is 24.3 Å². The number of imide groups is 1. The van der Waals surface area contributed by atoms with Crippen LogP contribution in [0.3, 0.4) is 0 Å². The van der Waals surface area contributed by atoms with Crippen LogP contribution >= 0.6 is 11.6 Å². The Bertz CT molecular complexity index is 1120. The molecular weight excluding hydrogens is 448 g/mol. The van der Waals surface area contributed by atoms with Gasteiger partial charge in [-0.25, -0.2) is 4.90 Å². The van der Waals surface area contributed by atoms with Gasteiger partial charge in [-0.2, -0.15) is 0 Å². The van der Waals surface area contributed by atoms with E-state index in [1.807, 2.05) is 60.7 Å². The molecule has 174 valence electrons. The summed E-state index contributed by atoms with van der Waals surface area (Å²) < 4.78 is 0. The van der Waals surface area contributed by atoms with E-state index < -0.39 is 11.6 Å². The molecule has 2 heterocycles. The number of rotatable bonds is 5. The minimum atomic E-state index is -1.11. The van der Waals surface area contributed by atoms with Gasteiger partial charge in [-0.15, -0.1) is 0 Å². The number of carbonyl (C=O) groups is 2. The summed E-state index contributed by atoms with van der Waals surface area (Å²) in [4.78, 5) is 29.3. The molecule has 0 aromatic heterocycles. The second kappa shape index (κ2) is 9.34. The van der Waals surface area contributed by atoms with E-state index in [4.69, 9.17) is 11.6 Å². The molecule has 1 N–H and O–H groups in total. The van der Waals surface area contributed by atoms with Crippen LogP contribution in [0.4, 0.5) is 5.69 Å². The summed E-state index contributed by atoms with van der Waals surface area (Å²) in [5.74, 6) is -0.384. The Morgan fingerprint density at radius 1 is 0.794 bits per heavy atom. The van der Waals surface area contributed by atoms with Crippen molar-refractivity contribution in [3.63, 3.8) is 0 Å². The van der Waals surface area contributed by atoms with Gasteiger partial charge in [0.25, 0.3) is 5.91 Å². The molecule has 3 aromatic rings. The number of aliphatic hydroxyl groups is 1. The van der Waals surface area contributed by atoms with Crippen molar-refractivity contribution in [3.8, 4) is 0 Å². The molecular formula is C28H27ClN2O3. The van der Waals surface area contributed by atoms with Crippen LogP contribution in [0.15, 0.2) is 84.9 Å². The SMILES string of the molecule is O=C1CC(N2CCC(C(O)(c3ccccc3)c3ccccc3)CC2)C(=O)N1c1ccc(Cl)cc1. The zero-order valence-corrected chi connectivity index (χ0v) is 19.6. The molecule has 0 bridgehead atoms. The van der Waals surface area contributed by atoms with E-state index in [9.17, 15) is 14.7 Å². The third-order valence-electron chi connectivity index (χ3n) is 7.20. The average molecular weight is 475 g/mol. The van der Waals surface area contributed by atoms with Crippen LogP contribution in [0.25, 0.3) is 0 Å². The van der Waals surface area contributed by atoms with E-state index >= 15 is 0 Å². The van der Waals surface area contributed by atoms with Crippen LogP contribution in [0.1, 0.15) is 30.4 Å². The number of halogens is 1. The van der Waals surface area contributed by atoms with Crippen LogP contribution < -0.4 is 4.90 Å². The Morgan fingerprint density at radius 3 is 1.85 bits per heavy atom. The minimum Gasteiger partial charge on any atom is -0.380 e. The molecule has 6 heteroatoms. The molecule has 2 amide bonds. The van der Waals surface area contributed by atoms with Gasteiger partial charge < -0.3 is 5.11 Å². The van der Waals surface area contributed by atoms with Crippen LogP contribution in [0, 0.1) is 5.92 Å². The van der Waals surface area contributed by atoms with E-state index in [0.29, 0.717) is 23.8 Å². The average Bonchev–Trinajstić information content (AvgIpc) is 3.19. The smallest absolute Gasteiger partial charge is 0.251 e. The van der Waals surface area contributed by atoms with Gasteiger partial charge in [-0.05, 0) is 67.2 Å². The second-order valence-electron chi connectivity index (χ2n) is 9.07. The maximum Gasteiger partial charge on any atom is 0.251 e. The number of amides is 2. The quantitative estimate of drug-likeness (QED) is 0.548. The molecule has 2 aliphatic rings. The molecule has 1 atom stereocenters. The van der Waals surface area contributed by atoms with Gasteiger partial charge >= 0.3 is 0 Å².